The van der Waals surface area contributed by atoms with E-state index in [1.54, 1.807) is 17.0 Å². The topological polar surface area (TPSA) is 44.4 Å². The van der Waals surface area contributed by atoms with Crippen molar-refractivity contribution in [2.75, 3.05) is 23.8 Å². The Morgan fingerprint density at radius 1 is 1.10 bits per heavy atom. The third kappa shape index (κ3) is 6.29. The quantitative estimate of drug-likeness (QED) is 0.604. The van der Waals surface area contributed by atoms with E-state index in [0.29, 0.717) is 18.2 Å². The molecule has 1 atom stereocenters. The highest BCUT2D eigenvalue weighted by atomic mass is 19.1. The van der Waals surface area contributed by atoms with E-state index in [1.807, 2.05) is 7.05 Å². The van der Waals surface area contributed by atoms with Gasteiger partial charge in [0.05, 0.1) is 12.6 Å². The lowest BCUT2D eigenvalue weighted by Crippen LogP contribution is -2.45. The molecule has 0 radical (unpaired) electrons. The minimum Gasteiger partial charge on any atom is -0.385 e. The Hall–Kier alpha value is -2.40. The molecule has 5 heteroatoms. The highest BCUT2D eigenvalue weighted by Gasteiger charge is 2.25. The number of carbonyl (C=O) groups is 1. The van der Waals surface area contributed by atoms with Crippen molar-refractivity contribution in [2.45, 2.75) is 45.7 Å². The van der Waals surface area contributed by atoms with Crippen molar-refractivity contribution in [1.29, 1.82) is 0 Å². The van der Waals surface area contributed by atoms with Crippen LogP contribution in [0.3, 0.4) is 0 Å². The van der Waals surface area contributed by atoms with E-state index in [2.05, 4.69) is 48.7 Å². The van der Waals surface area contributed by atoms with Crippen LogP contribution in [-0.4, -0.2) is 25.5 Å². The summed E-state index contributed by atoms with van der Waals surface area (Å²) in [5, 5.41) is 6.61. The summed E-state index contributed by atoms with van der Waals surface area (Å²) in [7, 11) is 1.81. The van der Waals surface area contributed by atoms with Crippen LogP contribution in [0.25, 0.3) is 0 Å². The average molecular weight is 398 g/mol. The maximum atomic E-state index is 13.4. The van der Waals surface area contributed by atoms with Crippen molar-refractivity contribution >= 4 is 17.3 Å². The SMILES string of the molecule is CNC(CC(C)C)C(=O)N(Cc1ccc(NCC2CC2)cc1)c1ccc(F)cc1. The third-order valence-electron chi connectivity index (χ3n) is 5.34. The maximum Gasteiger partial charge on any atom is 0.244 e. The van der Waals surface area contributed by atoms with Crippen molar-refractivity contribution in [3.8, 4) is 0 Å². The third-order valence-corrected chi connectivity index (χ3v) is 5.34. The first kappa shape index (κ1) is 21.3. The molecule has 2 aromatic carbocycles. The Morgan fingerprint density at radius 2 is 1.76 bits per heavy atom. The predicted octanol–water partition coefficient (Wildman–Crippen LogP) is 4.81. The van der Waals surface area contributed by atoms with Crippen LogP contribution in [0.15, 0.2) is 48.5 Å². The summed E-state index contributed by atoms with van der Waals surface area (Å²) in [6, 6.07) is 14.1. The van der Waals surface area contributed by atoms with Crippen molar-refractivity contribution in [1.82, 2.24) is 5.32 Å². The molecule has 0 bridgehead atoms. The molecular weight excluding hydrogens is 365 g/mol. The number of nitrogens with zero attached hydrogens (tertiary/aromatic N) is 1. The molecule has 2 aromatic rings. The van der Waals surface area contributed by atoms with E-state index in [4.69, 9.17) is 0 Å². The lowest BCUT2D eigenvalue weighted by molar-refractivity contribution is -0.121. The summed E-state index contributed by atoms with van der Waals surface area (Å²) >= 11 is 0. The van der Waals surface area contributed by atoms with Crippen LogP contribution in [0.2, 0.25) is 0 Å². The summed E-state index contributed by atoms with van der Waals surface area (Å²) in [5.41, 5.74) is 2.85. The number of nitrogens with one attached hydrogen (secondary N) is 2. The number of benzene rings is 2. The first-order valence-electron chi connectivity index (χ1n) is 10.5. The fourth-order valence-electron chi connectivity index (χ4n) is 3.41. The molecule has 0 spiro atoms. The number of hydrogen-bond donors (Lipinski definition) is 2. The van der Waals surface area contributed by atoms with Gasteiger partial charge in [-0.05, 0) is 80.1 Å². The molecule has 0 saturated heterocycles. The average Bonchev–Trinajstić information content (AvgIpc) is 3.54. The molecule has 1 fully saturated rings. The minimum atomic E-state index is -0.306. The summed E-state index contributed by atoms with van der Waals surface area (Å²) in [6.07, 6.45) is 3.39. The molecule has 0 aromatic heterocycles. The number of amides is 1. The van der Waals surface area contributed by atoms with Gasteiger partial charge in [-0.25, -0.2) is 4.39 Å². The van der Waals surface area contributed by atoms with E-state index in [1.165, 1.54) is 25.0 Å². The van der Waals surface area contributed by atoms with Crippen molar-refractivity contribution < 1.29 is 9.18 Å². The second kappa shape index (κ2) is 9.88. The Balaban J connectivity index is 1.76. The van der Waals surface area contributed by atoms with E-state index < -0.39 is 0 Å². The Morgan fingerprint density at radius 3 is 2.31 bits per heavy atom. The molecule has 1 saturated carbocycles. The van der Waals surface area contributed by atoms with Gasteiger partial charge in [-0.2, -0.15) is 0 Å². The molecule has 2 N–H and O–H groups in total. The molecule has 1 amide bonds. The largest absolute Gasteiger partial charge is 0.385 e. The lowest BCUT2D eigenvalue weighted by Gasteiger charge is -2.28. The molecule has 1 unspecified atom stereocenters. The number of rotatable bonds is 10. The first-order chi connectivity index (χ1) is 14.0. The van der Waals surface area contributed by atoms with Crippen LogP contribution in [0, 0.1) is 17.7 Å². The monoisotopic (exact) mass is 397 g/mol. The molecule has 1 aliphatic carbocycles. The van der Waals surface area contributed by atoms with Gasteiger partial charge in [0.25, 0.3) is 0 Å². The van der Waals surface area contributed by atoms with Crippen LogP contribution in [0.1, 0.15) is 38.7 Å². The van der Waals surface area contributed by atoms with Crippen molar-refractivity contribution in [2.24, 2.45) is 11.8 Å². The molecule has 0 aliphatic heterocycles. The van der Waals surface area contributed by atoms with Gasteiger partial charge in [-0.1, -0.05) is 26.0 Å². The number of hydrogen-bond acceptors (Lipinski definition) is 3. The molecule has 156 valence electrons. The Bertz CT molecular complexity index is 785. The van der Waals surface area contributed by atoms with E-state index in [-0.39, 0.29) is 17.8 Å². The van der Waals surface area contributed by atoms with E-state index in [9.17, 15) is 9.18 Å². The number of likely N-dealkylation sites (N-methyl/N-ethyl adjacent to an activating group) is 1. The summed E-state index contributed by atoms with van der Waals surface area (Å²) in [5.74, 6) is 0.910. The van der Waals surface area contributed by atoms with Gasteiger partial charge in [-0.3, -0.25) is 4.79 Å². The molecular formula is C24H32FN3O. The smallest absolute Gasteiger partial charge is 0.244 e. The van der Waals surface area contributed by atoms with Crippen LogP contribution < -0.4 is 15.5 Å². The molecule has 0 heterocycles. The number of carbonyl (C=O) groups excluding carboxylic acids is 1. The molecule has 4 nitrogen and oxygen atoms in total. The lowest BCUT2D eigenvalue weighted by atomic mass is 10.0. The Kier molecular flexibility index (Phi) is 7.26. The summed E-state index contributed by atoms with van der Waals surface area (Å²) < 4.78 is 13.4. The van der Waals surface area contributed by atoms with Gasteiger partial charge in [0.2, 0.25) is 5.91 Å². The minimum absolute atomic E-state index is 0.00347. The number of anilines is 2. The molecule has 1 aliphatic rings. The highest BCUT2D eigenvalue weighted by Crippen LogP contribution is 2.29. The number of halogens is 1. The van der Waals surface area contributed by atoms with Crippen molar-refractivity contribution in [3.05, 3.63) is 59.9 Å². The summed E-state index contributed by atoms with van der Waals surface area (Å²) in [6.45, 7) is 5.68. The van der Waals surface area contributed by atoms with E-state index in [0.717, 1.165) is 30.1 Å². The van der Waals surface area contributed by atoms with Gasteiger partial charge < -0.3 is 15.5 Å². The second-order valence-corrected chi connectivity index (χ2v) is 8.39. The molecule has 3 rings (SSSR count). The highest BCUT2D eigenvalue weighted by molar-refractivity contribution is 5.97. The van der Waals surface area contributed by atoms with Gasteiger partial charge in [-0.15, -0.1) is 0 Å². The fourth-order valence-corrected chi connectivity index (χ4v) is 3.41. The van der Waals surface area contributed by atoms with Gasteiger partial charge in [0, 0.05) is 17.9 Å². The first-order valence-corrected chi connectivity index (χ1v) is 10.5. The summed E-state index contributed by atoms with van der Waals surface area (Å²) in [4.78, 5) is 15.1. The zero-order chi connectivity index (χ0) is 20.8. The Labute approximate surface area is 173 Å². The standard InChI is InChI=1S/C24H32FN3O/c1-17(2)14-23(26-3)24(29)28(22-12-8-20(25)9-13-22)16-19-6-10-21(11-7-19)27-15-18-4-5-18/h6-13,17-18,23,26-27H,4-5,14-16H2,1-3H3. The zero-order valence-corrected chi connectivity index (χ0v) is 17.6. The zero-order valence-electron chi connectivity index (χ0n) is 17.6. The van der Waals surface area contributed by atoms with Crippen LogP contribution in [0.4, 0.5) is 15.8 Å². The van der Waals surface area contributed by atoms with Gasteiger partial charge >= 0.3 is 0 Å². The van der Waals surface area contributed by atoms with Crippen LogP contribution in [-0.2, 0) is 11.3 Å². The fraction of sp³-hybridized carbons (Fsp3) is 0.458. The second-order valence-electron chi connectivity index (χ2n) is 8.39. The predicted molar refractivity (Wildman–Crippen MR) is 118 cm³/mol. The normalized spacial score (nSPS) is 14.7. The molecule has 29 heavy (non-hydrogen) atoms. The van der Waals surface area contributed by atoms with Gasteiger partial charge in [0.1, 0.15) is 5.82 Å². The maximum absolute atomic E-state index is 13.4. The van der Waals surface area contributed by atoms with E-state index >= 15 is 0 Å². The van der Waals surface area contributed by atoms with Gasteiger partial charge in [0.15, 0.2) is 0 Å². The van der Waals surface area contributed by atoms with Crippen molar-refractivity contribution in [3.63, 3.8) is 0 Å². The van der Waals surface area contributed by atoms with Crippen LogP contribution >= 0.6 is 0 Å². The van der Waals surface area contributed by atoms with Crippen LogP contribution in [0.5, 0.6) is 0 Å².